The molecule has 1 aliphatic heterocycles. The Morgan fingerprint density at radius 2 is 1.86 bits per heavy atom. The molecule has 152 valence electrons. The fourth-order valence-electron chi connectivity index (χ4n) is 3.76. The van der Waals surface area contributed by atoms with Crippen LogP contribution >= 0.6 is 22.9 Å². The summed E-state index contributed by atoms with van der Waals surface area (Å²) in [5.74, 6) is 1.81. The van der Waals surface area contributed by atoms with E-state index in [0.717, 1.165) is 46.0 Å². The number of aryl methyl sites for hydroxylation is 1. The summed E-state index contributed by atoms with van der Waals surface area (Å²) in [7, 11) is 0. The van der Waals surface area contributed by atoms with E-state index in [4.69, 9.17) is 16.3 Å². The molecule has 8 heteroatoms. The van der Waals surface area contributed by atoms with E-state index in [9.17, 15) is 4.79 Å². The van der Waals surface area contributed by atoms with E-state index in [1.807, 2.05) is 24.0 Å². The lowest BCUT2D eigenvalue weighted by atomic mass is 10.0. The van der Waals surface area contributed by atoms with Gasteiger partial charge in [0.2, 0.25) is 11.2 Å². The van der Waals surface area contributed by atoms with E-state index in [1.165, 1.54) is 4.88 Å². The minimum Gasteiger partial charge on any atom is -0.494 e. The van der Waals surface area contributed by atoms with Gasteiger partial charge in [0.1, 0.15) is 16.4 Å². The zero-order chi connectivity index (χ0) is 20.5. The topological polar surface area (TPSA) is 58.6 Å². The van der Waals surface area contributed by atoms with Crippen LogP contribution in [0, 0.1) is 6.92 Å². The standard InChI is InChI=1S/C21H23ClN4O2S/c1-4-28-16-7-5-15(6-8-16)17-13(2)29-20-18(17)19(23-21(22)24-20)26-11-9-25(10-12-26)14(3)27/h5-8H,4,9-12H2,1-3H3. The van der Waals surface area contributed by atoms with Crippen molar-refractivity contribution in [3.05, 3.63) is 34.4 Å². The highest BCUT2D eigenvalue weighted by Crippen LogP contribution is 2.42. The van der Waals surface area contributed by atoms with Crippen molar-refractivity contribution in [2.45, 2.75) is 20.8 Å². The average molecular weight is 431 g/mol. The summed E-state index contributed by atoms with van der Waals surface area (Å²) in [6, 6.07) is 8.13. The Morgan fingerprint density at radius 3 is 2.48 bits per heavy atom. The molecule has 0 atom stereocenters. The van der Waals surface area contributed by atoms with Gasteiger partial charge in [0.05, 0.1) is 12.0 Å². The van der Waals surface area contributed by atoms with Crippen molar-refractivity contribution >= 4 is 44.9 Å². The van der Waals surface area contributed by atoms with Crippen molar-refractivity contribution in [2.24, 2.45) is 0 Å². The summed E-state index contributed by atoms with van der Waals surface area (Å²) in [5.41, 5.74) is 2.24. The molecule has 4 rings (SSSR count). The van der Waals surface area contributed by atoms with Crippen molar-refractivity contribution in [2.75, 3.05) is 37.7 Å². The molecular weight excluding hydrogens is 408 g/mol. The summed E-state index contributed by atoms with van der Waals surface area (Å²) in [6.07, 6.45) is 0. The molecule has 0 radical (unpaired) electrons. The molecule has 1 aromatic carbocycles. The molecule has 0 bridgehead atoms. The molecule has 3 heterocycles. The largest absolute Gasteiger partial charge is 0.494 e. The van der Waals surface area contributed by atoms with Gasteiger partial charge in [0.15, 0.2) is 0 Å². The maximum absolute atomic E-state index is 11.7. The second-order valence-corrected chi connectivity index (χ2v) is 8.52. The van der Waals surface area contributed by atoms with E-state index in [0.29, 0.717) is 19.7 Å². The molecule has 1 fully saturated rings. The fraction of sp³-hybridized carbons (Fsp3) is 0.381. The van der Waals surface area contributed by atoms with E-state index in [2.05, 4.69) is 33.9 Å². The quantitative estimate of drug-likeness (QED) is 0.574. The van der Waals surface area contributed by atoms with E-state index in [1.54, 1.807) is 18.3 Å². The first-order valence-electron chi connectivity index (χ1n) is 9.68. The fourth-order valence-corrected chi connectivity index (χ4v) is 5.02. The first-order chi connectivity index (χ1) is 14.0. The molecule has 0 spiro atoms. The number of carbonyl (C=O) groups is 1. The number of hydrogen-bond donors (Lipinski definition) is 0. The number of hydrogen-bond acceptors (Lipinski definition) is 6. The molecule has 3 aromatic rings. The Hall–Kier alpha value is -2.38. The van der Waals surface area contributed by atoms with Crippen LogP contribution < -0.4 is 9.64 Å². The third-order valence-electron chi connectivity index (χ3n) is 5.16. The van der Waals surface area contributed by atoms with Crippen LogP contribution in [0.15, 0.2) is 24.3 Å². The van der Waals surface area contributed by atoms with Gasteiger partial charge in [-0.3, -0.25) is 4.79 Å². The Kier molecular flexibility index (Phi) is 5.61. The van der Waals surface area contributed by atoms with Crippen LogP contribution in [0.25, 0.3) is 21.3 Å². The lowest BCUT2D eigenvalue weighted by Crippen LogP contribution is -2.48. The second kappa shape index (κ2) is 8.16. The lowest BCUT2D eigenvalue weighted by Gasteiger charge is -2.35. The minimum absolute atomic E-state index is 0.108. The van der Waals surface area contributed by atoms with E-state index in [-0.39, 0.29) is 11.2 Å². The lowest BCUT2D eigenvalue weighted by molar-refractivity contribution is -0.129. The smallest absolute Gasteiger partial charge is 0.225 e. The number of nitrogens with zero attached hydrogens (tertiary/aromatic N) is 4. The van der Waals surface area contributed by atoms with Gasteiger partial charge in [-0.15, -0.1) is 11.3 Å². The number of anilines is 1. The number of aromatic nitrogens is 2. The highest BCUT2D eigenvalue weighted by atomic mass is 35.5. The van der Waals surface area contributed by atoms with Gasteiger partial charge < -0.3 is 14.5 Å². The Labute approximate surface area is 179 Å². The number of benzene rings is 1. The van der Waals surface area contributed by atoms with Crippen LogP contribution in [0.3, 0.4) is 0 Å². The number of amides is 1. The Balaban J connectivity index is 1.78. The predicted molar refractivity (Wildman–Crippen MR) is 118 cm³/mol. The predicted octanol–water partition coefficient (Wildman–Crippen LogP) is 4.39. The summed E-state index contributed by atoms with van der Waals surface area (Å²) >= 11 is 7.89. The van der Waals surface area contributed by atoms with Gasteiger partial charge in [-0.2, -0.15) is 4.98 Å². The number of rotatable bonds is 4. The molecule has 2 aromatic heterocycles. The van der Waals surface area contributed by atoms with Crippen molar-refractivity contribution in [1.29, 1.82) is 0 Å². The summed E-state index contributed by atoms with van der Waals surface area (Å²) < 4.78 is 5.58. The number of thiophene rings is 1. The van der Waals surface area contributed by atoms with Crippen molar-refractivity contribution in [3.63, 3.8) is 0 Å². The van der Waals surface area contributed by atoms with Crippen LogP contribution in [-0.4, -0.2) is 53.6 Å². The van der Waals surface area contributed by atoms with Gasteiger partial charge in [-0.25, -0.2) is 4.98 Å². The SMILES string of the molecule is CCOc1ccc(-c2c(C)sc3nc(Cl)nc(N4CCN(C(C)=O)CC4)c23)cc1. The minimum atomic E-state index is 0.108. The number of ether oxygens (including phenoxy) is 1. The van der Waals surface area contributed by atoms with Gasteiger partial charge in [-0.05, 0) is 43.1 Å². The van der Waals surface area contributed by atoms with Gasteiger partial charge >= 0.3 is 0 Å². The van der Waals surface area contributed by atoms with Crippen LogP contribution in [0.4, 0.5) is 5.82 Å². The van der Waals surface area contributed by atoms with Gasteiger partial charge in [0, 0.05) is 43.5 Å². The Bertz CT molecular complexity index is 1040. The molecule has 0 N–H and O–H groups in total. The highest BCUT2D eigenvalue weighted by molar-refractivity contribution is 7.19. The summed E-state index contributed by atoms with van der Waals surface area (Å²) in [5, 5.41) is 1.28. The van der Waals surface area contributed by atoms with Gasteiger partial charge in [0.25, 0.3) is 0 Å². The molecule has 1 aliphatic rings. The molecule has 0 saturated carbocycles. The molecule has 0 aliphatic carbocycles. The van der Waals surface area contributed by atoms with Crippen molar-refractivity contribution < 1.29 is 9.53 Å². The number of fused-ring (bicyclic) bond motifs is 1. The zero-order valence-electron chi connectivity index (χ0n) is 16.7. The molecular formula is C21H23ClN4O2S. The molecule has 1 saturated heterocycles. The molecule has 0 unspecified atom stereocenters. The van der Waals surface area contributed by atoms with Crippen LogP contribution in [0.1, 0.15) is 18.7 Å². The molecule has 6 nitrogen and oxygen atoms in total. The van der Waals surface area contributed by atoms with Crippen LogP contribution in [0.5, 0.6) is 5.75 Å². The number of halogens is 1. The number of carbonyl (C=O) groups excluding carboxylic acids is 1. The van der Waals surface area contributed by atoms with Crippen LogP contribution in [0.2, 0.25) is 5.28 Å². The molecule has 29 heavy (non-hydrogen) atoms. The first-order valence-corrected chi connectivity index (χ1v) is 10.9. The normalized spacial score (nSPS) is 14.5. The van der Waals surface area contributed by atoms with E-state index >= 15 is 0 Å². The summed E-state index contributed by atoms with van der Waals surface area (Å²) in [6.45, 7) is 9.14. The third kappa shape index (κ3) is 3.89. The maximum Gasteiger partial charge on any atom is 0.225 e. The highest BCUT2D eigenvalue weighted by Gasteiger charge is 2.25. The summed E-state index contributed by atoms with van der Waals surface area (Å²) in [4.78, 5) is 26.9. The van der Waals surface area contributed by atoms with Crippen molar-refractivity contribution in [1.82, 2.24) is 14.9 Å². The molecule has 1 amide bonds. The monoisotopic (exact) mass is 430 g/mol. The van der Waals surface area contributed by atoms with Gasteiger partial charge in [-0.1, -0.05) is 12.1 Å². The first kappa shape index (κ1) is 19.9. The second-order valence-electron chi connectivity index (χ2n) is 6.98. The zero-order valence-corrected chi connectivity index (χ0v) is 18.3. The van der Waals surface area contributed by atoms with Crippen LogP contribution in [-0.2, 0) is 4.79 Å². The average Bonchev–Trinajstić information content (AvgIpc) is 3.03. The van der Waals surface area contributed by atoms with E-state index < -0.39 is 0 Å². The third-order valence-corrected chi connectivity index (χ3v) is 6.33. The Morgan fingerprint density at radius 1 is 1.17 bits per heavy atom. The maximum atomic E-state index is 11.7. The van der Waals surface area contributed by atoms with Crippen molar-refractivity contribution in [3.8, 4) is 16.9 Å². The number of piperazine rings is 1.